The van der Waals surface area contributed by atoms with Gasteiger partial charge in [0.15, 0.2) is 6.10 Å². The van der Waals surface area contributed by atoms with E-state index in [1.807, 2.05) is 0 Å². The molecule has 41 heavy (non-hydrogen) atoms. The highest BCUT2D eigenvalue weighted by Crippen LogP contribution is 2.33. The molecule has 4 amide bonds. The van der Waals surface area contributed by atoms with E-state index < -0.39 is 59.2 Å². The molecule has 2 unspecified atom stereocenters. The van der Waals surface area contributed by atoms with Crippen LogP contribution in [0, 0.1) is 17.7 Å². The number of carbonyl (C=O) groups is 5. The van der Waals surface area contributed by atoms with Crippen molar-refractivity contribution in [2.75, 3.05) is 6.54 Å². The van der Waals surface area contributed by atoms with Crippen molar-refractivity contribution >= 4 is 47.3 Å². The molecule has 1 aromatic carbocycles. The van der Waals surface area contributed by atoms with Crippen LogP contribution in [0.15, 0.2) is 24.3 Å². The van der Waals surface area contributed by atoms with Crippen molar-refractivity contribution in [1.82, 2.24) is 21.3 Å². The van der Waals surface area contributed by atoms with E-state index in [4.69, 9.17) is 16.3 Å². The minimum atomic E-state index is -1.41. The minimum absolute atomic E-state index is 0.0485. The van der Waals surface area contributed by atoms with Crippen LogP contribution in [0.25, 0.3) is 6.08 Å². The Kier molecular flexibility index (Phi) is 10.9. The molecule has 4 atom stereocenters. The quantitative estimate of drug-likeness (QED) is 0.217. The third kappa shape index (κ3) is 10.5. The second-order valence-electron chi connectivity index (χ2n) is 11.6. The molecule has 0 radical (unpaired) electrons. The number of carbonyl (C=O) groups excluding carboxylic acids is 5. The molecule has 1 aromatic rings. The number of ether oxygens (including phenoxy) is 1. The van der Waals surface area contributed by atoms with Crippen molar-refractivity contribution in [2.45, 2.75) is 83.5 Å². The number of benzene rings is 1. The topological polar surface area (TPSA) is 143 Å². The summed E-state index contributed by atoms with van der Waals surface area (Å²) in [5, 5.41) is 11.2. The first kappa shape index (κ1) is 32.0. The Morgan fingerprint density at radius 3 is 2.39 bits per heavy atom. The first-order valence-corrected chi connectivity index (χ1v) is 14.1. The molecule has 224 valence electrons. The summed E-state index contributed by atoms with van der Waals surface area (Å²) < 4.78 is 19.5. The Balaban J connectivity index is 1.81. The number of nitrogens with one attached hydrogen (secondary N) is 4. The molecule has 4 N–H and O–H groups in total. The fourth-order valence-electron chi connectivity index (χ4n) is 4.60. The molecule has 12 heteroatoms. The van der Waals surface area contributed by atoms with Gasteiger partial charge in [-0.1, -0.05) is 30.5 Å². The molecule has 1 saturated heterocycles. The second kappa shape index (κ2) is 13.9. The molecule has 1 saturated carbocycles. The highest BCUT2D eigenvalue weighted by molar-refractivity contribution is 6.30. The van der Waals surface area contributed by atoms with Crippen LogP contribution in [0.2, 0.25) is 5.02 Å². The summed E-state index contributed by atoms with van der Waals surface area (Å²) in [4.78, 5) is 63.9. The van der Waals surface area contributed by atoms with Crippen LogP contribution in [0.3, 0.4) is 0 Å². The molecule has 2 aliphatic rings. The van der Waals surface area contributed by atoms with Crippen molar-refractivity contribution in [3.63, 3.8) is 0 Å². The lowest BCUT2D eigenvalue weighted by Crippen LogP contribution is -2.59. The highest BCUT2D eigenvalue weighted by Gasteiger charge is 2.40. The number of esters is 1. The summed E-state index contributed by atoms with van der Waals surface area (Å²) in [7, 11) is 0. The van der Waals surface area contributed by atoms with E-state index in [9.17, 15) is 28.4 Å². The molecule has 1 aliphatic carbocycles. The van der Waals surface area contributed by atoms with Crippen LogP contribution in [-0.2, 0) is 28.7 Å². The lowest BCUT2D eigenvalue weighted by molar-refractivity contribution is -0.157. The zero-order chi connectivity index (χ0) is 30.3. The number of hydrogen-bond acceptors (Lipinski definition) is 6. The van der Waals surface area contributed by atoms with Gasteiger partial charge in [0.2, 0.25) is 17.7 Å². The molecule has 2 fully saturated rings. The Hall–Kier alpha value is -3.47. The number of amides is 4. The van der Waals surface area contributed by atoms with Crippen molar-refractivity contribution in [3.05, 3.63) is 40.7 Å². The molecule has 0 aromatic heterocycles. The van der Waals surface area contributed by atoms with Gasteiger partial charge in [-0.3, -0.25) is 24.0 Å². The molecule has 3 rings (SSSR count). The van der Waals surface area contributed by atoms with Gasteiger partial charge in [0, 0.05) is 41.6 Å². The summed E-state index contributed by atoms with van der Waals surface area (Å²) in [6, 6.07) is 2.03. The van der Waals surface area contributed by atoms with Crippen LogP contribution in [-0.4, -0.2) is 59.9 Å². The van der Waals surface area contributed by atoms with E-state index in [1.165, 1.54) is 18.2 Å². The maximum Gasteiger partial charge on any atom is 0.303 e. The van der Waals surface area contributed by atoms with Crippen molar-refractivity contribution < 1.29 is 33.1 Å². The lowest BCUT2D eigenvalue weighted by Gasteiger charge is -2.32. The molecule has 0 bridgehead atoms. The molecule has 10 nitrogen and oxygen atoms in total. The van der Waals surface area contributed by atoms with Gasteiger partial charge in [-0.15, -0.1) is 0 Å². The molecule has 1 aliphatic heterocycles. The average Bonchev–Trinajstić information content (AvgIpc) is 3.59. The van der Waals surface area contributed by atoms with Crippen LogP contribution in [0.5, 0.6) is 0 Å². The zero-order valence-electron chi connectivity index (χ0n) is 23.7. The fraction of sp³-hybridized carbons (Fsp3) is 0.552. The summed E-state index contributed by atoms with van der Waals surface area (Å²) in [6.07, 6.45) is 3.70. The number of hydrogen-bond donors (Lipinski definition) is 4. The van der Waals surface area contributed by atoms with E-state index in [2.05, 4.69) is 21.3 Å². The van der Waals surface area contributed by atoms with E-state index in [-0.39, 0.29) is 28.8 Å². The number of halogens is 2. The standard InChI is InChI=1S/C29H38ClFN4O6/c1-16(36)41-25(28(40)35-29(2,3)4)22(14-19-11-12-32-26(19)38)34-27(39)23(13-17-5-6-17)33-24(37)10-8-18-7-9-20(30)15-21(18)31/h7-10,15,17,19,22-23,25H,5-6,11-14H2,1-4H3,(H,32,38)(H,33,37)(H,34,39)(H,35,40)/b10-8+/t19-,22?,23-,25?/m0/s1. The predicted molar refractivity (Wildman–Crippen MR) is 151 cm³/mol. The maximum atomic E-state index is 14.1. The van der Waals surface area contributed by atoms with Gasteiger partial charge in [-0.05, 0) is 64.2 Å². The Bertz CT molecular complexity index is 1200. The van der Waals surface area contributed by atoms with Gasteiger partial charge in [0.1, 0.15) is 11.9 Å². The van der Waals surface area contributed by atoms with Gasteiger partial charge < -0.3 is 26.0 Å². The zero-order valence-corrected chi connectivity index (χ0v) is 24.5. The summed E-state index contributed by atoms with van der Waals surface area (Å²) in [5.74, 6) is -3.63. The van der Waals surface area contributed by atoms with E-state index in [0.717, 1.165) is 31.9 Å². The van der Waals surface area contributed by atoms with Crippen LogP contribution >= 0.6 is 11.6 Å². The molecule has 0 spiro atoms. The van der Waals surface area contributed by atoms with E-state index in [1.54, 1.807) is 20.8 Å². The van der Waals surface area contributed by atoms with Gasteiger partial charge >= 0.3 is 5.97 Å². The molecule has 1 heterocycles. The first-order valence-electron chi connectivity index (χ1n) is 13.7. The third-order valence-electron chi connectivity index (χ3n) is 6.72. The Morgan fingerprint density at radius 2 is 1.83 bits per heavy atom. The summed E-state index contributed by atoms with van der Waals surface area (Å²) >= 11 is 5.78. The maximum absolute atomic E-state index is 14.1. The van der Waals surface area contributed by atoms with Crippen molar-refractivity contribution in [2.24, 2.45) is 11.8 Å². The monoisotopic (exact) mass is 592 g/mol. The summed E-state index contributed by atoms with van der Waals surface area (Å²) in [6.45, 7) is 6.90. The SMILES string of the molecule is CC(=O)OC(C(=O)NC(C)(C)C)C(C[C@@H]1CCNC1=O)NC(=O)[C@H](CC1CC1)NC(=O)/C=C/c1ccc(Cl)cc1F. The van der Waals surface area contributed by atoms with Gasteiger partial charge in [-0.25, -0.2) is 4.39 Å². The smallest absolute Gasteiger partial charge is 0.303 e. The Morgan fingerprint density at radius 1 is 1.12 bits per heavy atom. The third-order valence-corrected chi connectivity index (χ3v) is 6.95. The van der Waals surface area contributed by atoms with Gasteiger partial charge in [-0.2, -0.15) is 0 Å². The molecular weight excluding hydrogens is 555 g/mol. The van der Waals surface area contributed by atoms with Crippen LogP contribution in [0.4, 0.5) is 4.39 Å². The highest BCUT2D eigenvalue weighted by atomic mass is 35.5. The van der Waals surface area contributed by atoms with E-state index >= 15 is 0 Å². The average molecular weight is 593 g/mol. The predicted octanol–water partition coefficient (Wildman–Crippen LogP) is 2.63. The van der Waals surface area contributed by atoms with E-state index in [0.29, 0.717) is 19.4 Å². The second-order valence-corrected chi connectivity index (χ2v) is 12.1. The first-order chi connectivity index (χ1) is 19.2. The van der Waals surface area contributed by atoms with Crippen molar-refractivity contribution in [1.29, 1.82) is 0 Å². The molecular formula is C29H38ClFN4O6. The van der Waals surface area contributed by atoms with Crippen LogP contribution in [0.1, 0.15) is 65.4 Å². The van der Waals surface area contributed by atoms with Gasteiger partial charge in [0.25, 0.3) is 5.91 Å². The lowest BCUT2D eigenvalue weighted by atomic mass is 9.93. The Labute approximate surface area is 244 Å². The van der Waals surface area contributed by atoms with Crippen LogP contribution < -0.4 is 21.3 Å². The number of rotatable bonds is 12. The fourth-order valence-corrected chi connectivity index (χ4v) is 4.76. The minimum Gasteiger partial charge on any atom is -0.450 e. The summed E-state index contributed by atoms with van der Waals surface area (Å²) in [5.41, 5.74) is -0.510. The normalized spacial score (nSPS) is 19.2. The van der Waals surface area contributed by atoms with Crippen molar-refractivity contribution in [3.8, 4) is 0 Å². The van der Waals surface area contributed by atoms with Gasteiger partial charge in [0.05, 0.1) is 6.04 Å². The largest absolute Gasteiger partial charge is 0.450 e.